The molecular weight excluding hydrogens is 420 g/mol. The van der Waals surface area contributed by atoms with E-state index >= 15 is 0 Å². The molecule has 29 heavy (non-hydrogen) atoms. The van der Waals surface area contributed by atoms with E-state index in [0.29, 0.717) is 42.0 Å². The van der Waals surface area contributed by atoms with Crippen LogP contribution in [0.3, 0.4) is 0 Å². The van der Waals surface area contributed by atoms with Crippen LogP contribution in [0.25, 0.3) is 10.2 Å². The highest BCUT2D eigenvalue weighted by Crippen LogP contribution is 2.24. The Morgan fingerprint density at radius 2 is 2.21 bits per heavy atom. The number of hydrogen-bond acceptors (Lipinski definition) is 7. The monoisotopic (exact) mass is 442 g/mol. The van der Waals surface area contributed by atoms with Crippen LogP contribution in [0.5, 0.6) is 0 Å². The summed E-state index contributed by atoms with van der Waals surface area (Å²) < 4.78 is 32.5. The summed E-state index contributed by atoms with van der Waals surface area (Å²) in [6, 6.07) is 4.50. The Hall–Kier alpha value is -2.15. The second kappa shape index (κ2) is 8.69. The molecule has 0 spiro atoms. The van der Waals surface area contributed by atoms with Crippen molar-refractivity contribution in [2.45, 2.75) is 19.4 Å². The molecule has 1 aliphatic heterocycles. The molecular formula is C17H22N4O6S2. The van der Waals surface area contributed by atoms with E-state index in [9.17, 15) is 23.3 Å². The average molecular weight is 443 g/mol. The Bertz CT molecular complexity index is 1100. The number of hydrogen-bond donors (Lipinski definition) is 0. The Kier molecular flexibility index (Phi) is 6.46. The zero-order chi connectivity index (χ0) is 21.2. The minimum absolute atomic E-state index is 0.0356. The number of carbonyl (C=O) groups is 1. The molecule has 1 aromatic carbocycles. The first-order chi connectivity index (χ1) is 13.7. The van der Waals surface area contributed by atoms with E-state index in [1.165, 1.54) is 27.8 Å². The maximum Gasteiger partial charge on any atom is 0.270 e. The van der Waals surface area contributed by atoms with Crippen LogP contribution in [0, 0.1) is 16.0 Å². The van der Waals surface area contributed by atoms with Gasteiger partial charge in [0, 0.05) is 38.9 Å². The standard InChI is InChI=1S/C17H22N4O6S2/c1-27-9-8-20-14-6-5-13(21(23)24)10-15(14)28-17(20)18-16(22)12-4-3-7-19(11-12)29(2,25)26/h5-6,10,12H,3-4,7-9,11H2,1-2H3. The number of rotatable bonds is 6. The van der Waals surface area contributed by atoms with E-state index in [4.69, 9.17) is 4.74 Å². The number of ether oxygens (including phenoxy) is 1. The van der Waals surface area contributed by atoms with E-state index in [0.717, 1.165) is 11.8 Å². The lowest BCUT2D eigenvalue weighted by atomic mass is 9.99. The number of aromatic nitrogens is 1. The van der Waals surface area contributed by atoms with Gasteiger partial charge in [-0.25, -0.2) is 12.7 Å². The van der Waals surface area contributed by atoms with Crippen LogP contribution in [-0.4, -0.2) is 61.2 Å². The molecule has 12 heteroatoms. The van der Waals surface area contributed by atoms with Crippen molar-refractivity contribution in [1.29, 1.82) is 0 Å². The number of sulfonamides is 1. The first-order valence-electron chi connectivity index (χ1n) is 9.01. The molecule has 1 unspecified atom stereocenters. The van der Waals surface area contributed by atoms with Gasteiger partial charge in [-0.1, -0.05) is 11.3 Å². The van der Waals surface area contributed by atoms with Gasteiger partial charge in [-0.15, -0.1) is 0 Å². The summed E-state index contributed by atoms with van der Waals surface area (Å²) in [6.45, 7) is 1.34. The van der Waals surface area contributed by atoms with Crippen LogP contribution in [-0.2, 0) is 26.1 Å². The molecule has 1 aliphatic rings. The van der Waals surface area contributed by atoms with Gasteiger partial charge in [0.15, 0.2) is 4.80 Å². The molecule has 10 nitrogen and oxygen atoms in total. The van der Waals surface area contributed by atoms with Crippen molar-refractivity contribution in [1.82, 2.24) is 8.87 Å². The number of amides is 1. The Balaban J connectivity index is 1.99. The van der Waals surface area contributed by atoms with Crippen molar-refractivity contribution in [3.8, 4) is 0 Å². The van der Waals surface area contributed by atoms with Gasteiger partial charge >= 0.3 is 0 Å². The molecule has 0 saturated carbocycles. The normalized spacial score (nSPS) is 19.0. The fourth-order valence-electron chi connectivity index (χ4n) is 3.29. The molecule has 0 aliphatic carbocycles. The summed E-state index contributed by atoms with van der Waals surface area (Å²) >= 11 is 1.19. The molecule has 2 heterocycles. The average Bonchev–Trinajstić information content (AvgIpc) is 3.01. The highest BCUT2D eigenvalue weighted by Gasteiger charge is 2.30. The number of nitro benzene ring substituents is 1. The minimum Gasteiger partial charge on any atom is -0.383 e. The fraction of sp³-hybridized carbons (Fsp3) is 0.529. The van der Waals surface area contributed by atoms with E-state index in [1.807, 2.05) is 0 Å². The molecule has 1 amide bonds. The molecule has 1 saturated heterocycles. The number of piperidine rings is 1. The summed E-state index contributed by atoms with van der Waals surface area (Å²) in [4.78, 5) is 28.0. The third kappa shape index (κ3) is 4.89. The van der Waals surface area contributed by atoms with E-state index in [-0.39, 0.29) is 18.1 Å². The van der Waals surface area contributed by atoms with E-state index in [2.05, 4.69) is 4.99 Å². The molecule has 3 rings (SSSR count). The first kappa shape index (κ1) is 21.6. The van der Waals surface area contributed by atoms with E-state index < -0.39 is 20.9 Å². The highest BCUT2D eigenvalue weighted by atomic mass is 32.2. The van der Waals surface area contributed by atoms with Crippen molar-refractivity contribution < 1.29 is 22.9 Å². The van der Waals surface area contributed by atoms with Crippen LogP contribution in [0.4, 0.5) is 5.69 Å². The quantitative estimate of drug-likeness (QED) is 0.491. The Morgan fingerprint density at radius 1 is 1.45 bits per heavy atom. The molecule has 1 aromatic heterocycles. The number of nitrogens with zero attached hydrogens (tertiary/aromatic N) is 4. The van der Waals surface area contributed by atoms with Gasteiger partial charge in [-0.05, 0) is 18.9 Å². The third-order valence-electron chi connectivity index (χ3n) is 4.80. The van der Waals surface area contributed by atoms with Gasteiger partial charge in [0.25, 0.3) is 11.6 Å². The van der Waals surface area contributed by atoms with Gasteiger partial charge < -0.3 is 9.30 Å². The number of non-ortho nitro benzene ring substituents is 1. The molecule has 0 N–H and O–H groups in total. The van der Waals surface area contributed by atoms with Crippen molar-refractivity contribution in [3.05, 3.63) is 33.1 Å². The summed E-state index contributed by atoms with van der Waals surface area (Å²) in [6.07, 6.45) is 2.30. The number of benzene rings is 1. The lowest BCUT2D eigenvalue weighted by Crippen LogP contribution is -2.41. The number of thiazole rings is 1. The molecule has 2 aromatic rings. The highest BCUT2D eigenvalue weighted by molar-refractivity contribution is 7.88. The lowest BCUT2D eigenvalue weighted by Gasteiger charge is -2.28. The van der Waals surface area contributed by atoms with Crippen molar-refractivity contribution in [2.24, 2.45) is 10.9 Å². The predicted molar refractivity (Wildman–Crippen MR) is 108 cm³/mol. The smallest absolute Gasteiger partial charge is 0.270 e. The first-order valence-corrected chi connectivity index (χ1v) is 11.7. The second-order valence-corrected chi connectivity index (χ2v) is 9.84. The maximum absolute atomic E-state index is 12.8. The van der Waals surface area contributed by atoms with Crippen LogP contribution in [0.1, 0.15) is 12.8 Å². The number of nitro groups is 1. The van der Waals surface area contributed by atoms with Gasteiger partial charge in [0.1, 0.15) is 0 Å². The summed E-state index contributed by atoms with van der Waals surface area (Å²) in [5, 5.41) is 11.1. The van der Waals surface area contributed by atoms with Crippen LogP contribution in [0.15, 0.2) is 23.2 Å². The number of fused-ring (bicyclic) bond motifs is 1. The maximum atomic E-state index is 12.8. The summed E-state index contributed by atoms with van der Waals surface area (Å²) in [5.74, 6) is -0.889. The van der Waals surface area contributed by atoms with Crippen LogP contribution in [0.2, 0.25) is 0 Å². The summed E-state index contributed by atoms with van der Waals surface area (Å²) in [7, 11) is -1.80. The van der Waals surface area contributed by atoms with Crippen LogP contribution < -0.4 is 4.80 Å². The van der Waals surface area contributed by atoms with Gasteiger partial charge in [0.05, 0.1) is 33.9 Å². The fourth-order valence-corrected chi connectivity index (χ4v) is 5.30. The zero-order valence-corrected chi connectivity index (χ0v) is 17.7. The van der Waals surface area contributed by atoms with Gasteiger partial charge in [-0.2, -0.15) is 4.99 Å². The van der Waals surface area contributed by atoms with Crippen molar-refractivity contribution >= 4 is 43.2 Å². The van der Waals surface area contributed by atoms with Gasteiger partial charge in [-0.3, -0.25) is 14.9 Å². The van der Waals surface area contributed by atoms with Gasteiger partial charge in [0.2, 0.25) is 10.0 Å². The van der Waals surface area contributed by atoms with Crippen LogP contribution >= 0.6 is 11.3 Å². The molecule has 0 radical (unpaired) electrons. The Labute approximate surface area is 171 Å². The lowest BCUT2D eigenvalue weighted by molar-refractivity contribution is -0.384. The topological polar surface area (TPSA) is 124 Å². The SMILES string of the molecule is COCCn1c(=NC(=O)C2CCCN(S(C)(=O)=O)C2)sc2cc([N+](=O)[O-])ccc21. The predicted octanol–water partition coefficient (Wildman–Crippen LogP) is 1.36. The number of methoxy groups -OCH3 is 1. The zero-order valence-electron chi connectivity index (χ0n) is 16.1. The Morgan fingerprint density at radius 3 is 2.86 bits per heavy atom. The van der Waals surface area contributed by atoms with Crippen molar-refractivity contribution in [3.63, 3.8) is 0 Å². The molecule has 1 fully saturated rings. The van der Waals surface area contributed by atoms with E-state index in [1.54, 1.807) is 17.7 Å². The van der Waals surface area contributed by atoms with Crippen molar-refractivity contribution in [2.75, 3.05) is 33.1 Å². The largest absolute Gasteiger partial charge is 0.383 e. The minimum atomic E-state index is -3.36. The molecule has 0 bridgehead atoms. The molecule has 1 atom stereocenters. The second-order valence-electron chi connectivity index (χ2n) is 6.85. The summed E-state index contributed by atoms with van der Waals surface area (Å²) in [5.41, 5.74) is 0.692. The third-order valence-corrected chi connectivity index (χ3v) is 7.12. The molecule has 158 valence electrons. The number of carbonyl (C=O) groups excluding carboxylic acids is 1.